The van der Waals surface area contributed by atoms with Gasteiger partial charge in [0.25, 0.3) is 0 Å². The SMILES string of the molecule is CC1(C)OB(C(=Cc2ccc(C(=O)CC#N)cc2)CN)OC1(C)C. The largest absolute Gasteiger partial charge is 0.491 e. The van der Waals surface area contributed by atoms with E-state index in [2.05, 4.69) is 0 Å². The quantitative estimate of drug-likeness (QED) is 0.664. The summed E-state index contributed by atoms with van der Waals surface area (Å²) >= 11 is 0. The Kier molecular flexibility index (Phi) is 5.29. The van der Waals surface area contributed by atoms with Gasteiger partial charge in [-0.25, -0.2) is 0 Å². The first-order valence-corrected chi connectivity index (χ1v) is 7.96. The van der Waals surface area contributed by atoms with Gasteiger partial charge in [0.05, 0.1) is 23.7 Å². The molecule has 1 aromatic carbocycles. The molecule has 0 unspecified atom stereocenters. The highest BCUT2D eigenvalue weighted by Crippen LogP contribution is 2.38. The fourth-order valence-corrected chi connectivity index (χ4v) is 2.37. The summed E-state index contributed by atoms with van der Waals surface area (Å²) in [5.74, 6) is -0.182. The summed E-state index contributed by atoms with van der Waals surface area (Å²) < 4.78 is 12.0. The van der Waals surface area contributed by atoms with E-state index in [4.69, 9.17) is 20.3 Å². The first-order chi connectivity index (χ1) is 11.2. The van der Waals surface area contributed by atoms with E-state index in [1.807, 2.05) is 52.0 Å². The van der Waals surface area contributed by atoms with E-state index in [1.165, 1.54) is 0 Å². The molecule has 2 N–H and O–H groups in total. The molecule has 6 heteroatoms. The molecule has 0 radical (unpaired) electrons. The molecular formula is C18H23BN2O3. The van der Waals surface area contributed by atoms with Crippen LogP contribution in [0.4, 0.5) is 0 Å². The van der Waals surface area contributed by atoms with Crippen LogP contribution in [0.3, 0.4) is 0 Å². The number of benzene rings is 1. The van der Waals surface area contributed by atoms with Crippen molar-refractivity contribution in [2.75, 3.05) is 6.54 Å². The molecule has 5 nitrogen and oxygen atoms in total. The van der Waals surface area contributed by atoms with Gasteiger partial charge in [-0.15, -0.1) is 0 Å². The van der Waals surface area contributed by atoms with Gasteiger partial charge in [-0.2, -0.15) is 5.26 Å². The van der Waals surface area contributed by atoms with Gasteiger partial charge in [0.1, 0.15) is 0 Å². The third-order valence-electron chi connectivity index (χ3n) is 4.62. The van der Waals surface area contributed by atoms with E-state index in [1.54, 1.807) is 12.1 Å². The molecule has 1 fully saturated rings. The van der Waals surface area contributed by atoms with E-state index in [9.17, 15) is 4.79 Å². The van der Waals surface area contributed by atoms with Crippen molar-refractivity contribution in [1.82, 2.24) is 0 Å². The maximum absolute atomic E-state index is 11.7. The smallest absolute Gasteiger partial charge is 0.400 e. The van der Waals surface area contributed by atoms with Gasteiger partial charge >= 0.3 is 7.12 Å². The summed E-state index contributed by atoms with van der Waals surface area (Å²) in [6.07, 6.45) is 1.80. The zero-order valence-corrected chi connectivity index (χ0v) is 14.6. The maximum atomic E-state index is 11.7. The van der Waals surface area contributed by atoms with E-state index in [0.29, 0.717) is 12.1 Å². The van der Waals surface area contributed by atoms with Crippen molar-refractivity contribution in [3.8, 4) is 6.07 Å². The highest BCUT2D eigenvalue weighted by Gasteiger charge is 2.52. The van der Waals surface area contributed by atoms with Crippen LogP contribution in [0.1, 0.15) is 50.0 Å². The van der Waals surface area contributed by atoms with Crippen molar-refractivity contribution < 1.29 is 14.1 Å². The van der Waals surface area contributed by atoms with Crippen LogP contribution >= 0.6 is 0 Å². The number of nitriles is 1. The van der Waals surface area contributed by atoms with Crippen molar-refractivity contribution in [3.05, 3.63) is 40.9 Å². The fourth-order valence-electron chi connectivity index (χ4n) is 2.37. The van der Waals surface area contributed by atoms with E-state index in [-0.39, 0.29) is 12.2 Å². The summed E-state index contributed by atoms with van der Waals surface area (Å²) in [6, 6.07) is 8.94. The topological polar surface area (TPSA) is 85.3 Å². The molecule has 0 aromatic heterocycles. The lowest BCUT2D eigenvalue weighted by Crippen LogP contribution is -2.41. The van der Waals surface area contributed by atoms with Crippen LogP contribution in [-0.2, 0) is 9.31 Å². The predicted molar refractivity (Wildman–Crippen MR) is 94.1 cm³/mol. The Bertz CT molecular complexity index is 671. The zero-order chi connectivity index (χ0) is 18.0. The normalized spacial score (nSPS) is 19.2. The molecule has 1 aliphatic heterocycles. The van der Waals surface area contributed by atoms with Crippen LogP contribution in [-0.4, -0.2) is 30.6 Å². The lowest BCUT2D eigenvalue weighted by atomic mass is 9.77. The summed E-state index contributed by atoms with van der Waals surface area (Å²) in [7, 11) is -0.486. The Morgan fingerprint density at radius 3 is 2.21 bits per heavy atom. The van der Waals surface area contributed by atoms with Gasteiger partial charge in [-0.05, 0) is 38.7 Å². The number of nitrogens with two attached hydrogens (primary N) is 1. The number of hydrogen-bond acceptors (Lipinski definition) is 5. The third-order valence-corrected chi connectivity index (χ3v) is 4.62. The fraction of sp³-hybridized carbons (Fsp3) is 0.444. The lowest BCUT2D eigenvalue weighted by Gasteiger charge is -2.32. The Morgan fingerprint density at radius 1 is 1.21 bits per heavy atom. The van der Waals surface area contributed by atoms with Gasteiger partial charge in [0, 0.05) is 12.1 Å². The number of nitrogens with zero attached hydrogens (tertiary/aromatic N) is 1. The van der Waals surface area contributed by atoms with Gasteiger partial charge < -0.3 is 15.0 Å². The molecule has 0 spiro atoms. The third kappa shape index (κ3) is 3.76. The minimum absolute atomic E-state index is 0.114. The molecule has 126 valence electrons. The number of hydrogen-bond donors (Lipinski definition) is 1. The van der Waals surface area contributed by atoms with Crippen molar-refractivity contribution in [1.29, 1.82) is 5.26 Å². The van der Waals surface area contributed by atoms with Crippen molar-refractivity contribution in [2.24, 2.45) is 5.73 Å². The highest BCUT2D eigenvalue weighted by molar-refractivity contribution is 6.55. The lowest BCUT2D eigenvalue weighted by molar-refractivity contribution is 0.00578. The Labute approximate surface area is 143 Å². The summed E-state index contributed by atoms with van der Waals surface area (Å²) in [4.78, 5) is 11.7. The average Bonchev–Trinajstić information content (AvgIpc) is 2.73. The second-order valence-corrected chi connectivity index (χ2v) is 6.89. The standard InChI is InChI=1S/C18H23BN2O3/c1-17(2)18(3,4)24-19(23-17)15(12-21)11-13-5-7-14(8-6-13)16(22)9-10-20/h5-8,11H,9,12,21H2,1-4H3. The molecule has 2 rings (SSSR count). The van der Waals surface area contributed by atoms with Crippen LogP contribution in [0.25, 0.3) is 6.08 Å². The minimum Gasteiger partial charge on any atom is -0.400 e. The molecule has 1 saturated heterocycles. The number of carbonyl (C=O) groups excluding carboxylic acids is 1. The van der Waals surface area contributed by atoms with E-state index >= 15 is 0 Å². The summed E-state index contributed by atoms with van der Waals surface area (Å²) in [6.45, 7) is 8.30. The molecule has 0 bridgehead atoms. The van der Waals surface area contributed by atoms with Crippen LogP contribution in [0.2, 0.25) is 0 Å². The number of rotatable bonds is 5. The molecule has 24 heavy (non-hydrogen) atoms. The number of ketones is 1. The monoisotopic (exact) mass is 326 g/mol. The molecular weight excluding hydrogens is 303 g/mol. The zero-order valence-electron chi connectivity index (χ0n) is 14.6. The molecule has 0 saturated carbocycles. The number of Topliss-reactive ketones (excluding diaryl/α,β-unsaturated/α-hetero) is 1. The second-order valence-electron chi connectivity index (χ2n) is 6.89. The molecule has 1 aromatic rings. The molecule has 0 amide bonds. The summed E-state index contributed by atoms with van der Waals surface area (Å²) in [5.41, 5.74) is 7.31. The minimum atomic E-state index is -0.486. The van der Waals surface area contributed by atoms with Crippen LogP contribution < -0.4 is 5.73 Å². The van der Waals surface area contributed by atoms with Gasteiger partial charge in [0.15, 0.2) is 5.78 Å². The van der Waals surface area contributed by atoms with Crippen LogP contribution in [0.15, 0.2) is 29.7 Å². The molecule has 1 aliphatic rings. The number of carbonyl (C=O) groups is 1. The van der Waals surface area contributed by atoms with Gasteiger partial charge in [0.2, 0.25) is 0 Å². The van der Waals surface area contributed by atoms with Gasteiger partial charge in [-0.1, -0.05) is 30.3 Å². The average molecular weight is 326 g/mol. The summed E-state index contributed by atoms with van der Waals surface area (Å²) in [5, 5.41) is 8.59. The maximum Gasteiger partial charge on any atom is 0.491 e. The van der Waals surface area contributed by atoms with Crippen molar-refractivity contribution >= 4 is 19.0 Å². The highest BCUT2D eigenvalue weighted by atomic mass is 16.7. The molecule has 0 atom stereocenters. The Balaban J connectivity index is 2.20. The van der Waals surface area contributed by atoms with Gasteiger partial charge in [-0.3, -0.25) is 4.79 Å². The Hall–Kier alpha value is -1.94. The van der Waals surface area contributed by atoms with Crippen LogP contribution in [0, 0.1) is 11.3 Å². The van der Waals surface area contributed by atoms with E-state index < -0.39 is 18.3 Å². The Morgan fingerprint density at radius 2 is 1.75 bits per heavy atom. The van der Waals surface area contributed by atoms with Crippen LogP contribution in [0.5, 0.6) is 0 Å². The van der Waals surface area contributed by atoms with Crippen molar-refractivity contribution in [2.45, 2.75) is 45.3 Å². The molecule has 0 aliphatic carbocycles. The van der Waals surface area contributed by atoms with Crippen molar-refractivity contribution in [3.63, 3.8) is 0 Å². The second kappa shape index (κ2) is 6.90. The first-order valence-electron chi connectivity index (χ1n) is 7.96. The first kappa shape index (κ1) is 18.4. The predicted octanol–water partition coefficient (Wildman–Crippen LogP) is 2.76. The van der Waals surface area contributed by atoms with E-state index in [0.717, 1.165) is 11.0 Å². The molecule has 1 heterocycles.